The lowest BCUT2D eigenvalue weighted by Gasteiger charge is -2.29. The van der Waals surface area contributed by atoms with Crippen LogP contribution in [-0.4, -0.2) is 51.7 Å². The molecule has 0 spiro atoms. The van der Waals surface area contributed by atoms with Crippen molar-refractivity contribution >= 4 is 17.9 Å². The molecule has 1 amide bonds. The van der Waals surface area contributed by atoms with Crippen molar-refractivity contribution in [1.29, 1.82) is 0 Å². The number of piperidine rings is 1. The number of carbonyl (C=O) groups is 2. The standard InChI is InChI=1S/C13H20N4O4/c1-8(2)11-15-16-13(21-11)14-10(18)7-17-5-3-4-9(6-17)12(19)20/h8-9H,3-7H2,1-2H3,(H,19,20)(H,14,16,18). The van der Waals surface area contributed by atoms with E-state index in [0.29, 0.717) is 18.9 Å². The Morgan fingerprint density at radius 1 is 1.48 bits per heavy atom. The fourth-order valence-corrected chi connectivity index (χ4v) is 2.28. The zero-order chi connectivity index (χ0) is 15.4. The minimum Gasteiger partial charge on any atom is -0.481 e. The van der Waals surface area contributed by atoms with Gasteiger partial charge in [-0.3, -0.25) is 19.8 Å². The van der Waals surface area contributed by atoms with Gasteiger partial charge in [-0.25, -0.2) is 0 Å². The Morgan fingerprint density at radius 2 is 2.24 bits per heavy atom. The first-order valence-corrected chi connectivity index (χ1v) is 7.04. The van der Waals surface area contributed by atoms with Gasteiger partial charge in [-0.05, 0) is 19.4 Å². The number of rotatable bonds is 5. The van der Waals surface area contributed by atoms with Gasteiger partial charge in [0.05, 0.1) is 12.5 Å². The van der Waals surface area contributed by atoms with Crippen LogP contribution < -0.4 is 5.32 Å². The molecule has 8 nitrogen and oxygen atoms in total. The van der Waals surface area contributed by atoms with Crippen molar-refractivity contribution in [2.24, 2.45) is 5.92 Å². The van der Waals surface area contributed by atoms with Gasteiger partial charge in [-0.2, -0.15) is 0 Å². The van der Waals surface area contributed by atoms with Crippen LogP contribution in [0.2, 0.25) is 0 Å². The van der Waals surface area contributed by atoms with Gasteiger partial charge in [0.25, 0.3) is 0 Å². The summed E-state index contributed by atoms with van der Waals surface area (Å²) in [4.78, 5) is 24.7. The number of aliphatic carboxylic acids is 1. The third-order valence-corrected chi connectivity index (χ3v) is 3.40. The Balaban J connectivity index is 1.84. The number of carboxylic acids is 1. The molecule has 21 heavy (non-hydrogen) atoms. The Hall–Kier alpha value is -1.96. The molecular weight excluding hydrogens is 276 g/mol. The van der Waals surface area contributed by atoms with Crippen LogP contribution in [0.1, 0.15) is 38.5 Å². The number of amides is 1. The van der Waals surface area contributed by atoms with E-state index in [4.69, 9.17) is 9.52 Å². The Kier molecular flexibility index (Phi) is 4.89. The van der Waals surface area contributed by atoms with Gasteiger partial charge in [-0.1, -0.05) is 18.9 Å². The highest BCUT2D eigenvalue weighted by atomic mass is 16.4. The van der Waals surface area contributed by atoms with Crippen molar-refractivity contribution in [2.45, 2.75) is 32.6 Å². The molecular formula is C13H20N4O4. The molecule has 0 bridgehead atoms. The molecule has 1 saturated heterocycles. The quantitative estimate of drug-likeness (QED) is 0.831. The molecule has 1 aromatic heterocycles. The van der Waals surface area contributed by atoms with Crippen LogP contribution in [0.5, 0.6) is 0 Å². The molecule has 1 aliphatic heterocycles. The lowest BCUT2D eigenvalue weighted by atomic mass is 9.98. The average molecular weight is 296 g/mol. The lowest BCUT2D eigenvalue weighted by Crippen LogP contribution is -2.42. The van der Waals surface area contributed by atoms with E-state index in [1.165, 1.54) is 0 Å². The maximum atomic E-state index is 11.9. The van der Waals surface area contributed by atoms with Crippen LogP contribution in [-0.2, 0) is 9.59 Å². The average Bonchev–Trinajstić information content (AvgIpc) is 2.87. The van der Waals surface area contributed by atoms with E-state index in [1.54, 1.807) is 0 Å². The molecule has 0 aromatic carbocycles. The summed E-state index contributed by atoms with van der Waals surface area (Å²) in [6, 6.07) is 0.0792. The SMILES string of the molecule is CC(C)c1nnc(NC(=O)CN2CCCC(C(=O)O)C2)o1. The third-order valence-electron chi connectivity index (χ3n) is 3.40. The van der Waals surface area contributed by atoms with Crippen molar-refractivity contribution in [2.75, 3.05) is 25.0 Å². The molecule has 1 atom stereocenters. The van der Waals surface area contributed by atoms with Gasteiger partial charge < -0.3 is 9.52 Å². The maximum Gasteiger partial charge on any atom is 0.322 e. The van der Waals surface area contributed by atoms with Crippen LogP contribution in [0.15, 0.2) is 4.42 Å². The van der Waals surface area contributed by atoms with Crippen LogP contribution >= 0.6 is 0 Å². The smallest absolute Gasteiger partial charge is 0.322 e. The molecule has 0 radical (unpaired) electrons. The first-order chi connectivity index (χ1) is 9.95. The van der Waals surface area contributed by atoms with E-state index >= 15 is 0 Å². The highest BCUT2D eigenvalue weighted by Gasteiger charge is 2.26. The topological polar surface area (TPSA) is 109 Å². The van der Waals surface area contributed by atoms with Gasteiger partial charge in [0.15, 0.2) is 0 Å². The molecule has 1 aliphatic rings. The van der Waals surface area contributed by atoms with E-state index in [1.807, 2.05) is 18.7 Å². The van der Waals surface area contributed by atoms with Crippen LogP contribution in [0.4, 0.5) is 6.01 Å². The summed E-state index contributed by atoms with van der Waals surface area (Å²) in [5.41, 5.74) is 0. The number of aromatic nitrogens is 2. The van der Waals surface area contributed by atoms with Gasteiger partial charge in [-0.15, -0.1) is 5.10 Å². The predicted molar refractivity (Wildman–Crippen MR) is 73.8 cm³/mol. The number of nitrogens with one attached hydrogen (secondary N) is 1. The fraction of sp³-hybridized carbons (Fsp3) is 0.692. The summed E-state index contributed by atoms with van der Waals surface area (Å²) < 4.78 is 5.30. The first kappa shape index (κ1) is 15.4. The molecule has 0 aliphatic carbocycles. The first-order valence-electron chi connectivity index (χ1n) is 7.04. The van der Waals surface area contributed by atoms with Crippen molar-refractivity contribution in [3.63, 3.8) is 0 Å². The molecule has 0 saturated carbocycles. The van der Waals surface area contributed by atoms with Crippen molar-refractivity contribution in [3.8, 4) is 0 Å². The van der Waals surface area contributed by atoms with E-state index in [2.05, 4.69) is 15.5 Å². The Morgan fingerprint density at radius 3 is 2.86 bits per heavy atom. The molecule has 1 fully saturated rings. The molecule has 8 heteroatoms. The lowest BCUT2D eigenvalue weighted by molar-refractivity contribution is -0.144. The van der Waals surface area contributed by atoms with Crippen LogP contribution in [0.25, 0.3) is 0 Å². The fourth-order valence-electron chi connectivity index (χ4n) is 2.28. The van der Waals surface area contributed by atoms with Crippen LogP contribution in [0.3, 0.4) is 0 Å². The molecule has 2 rings (SSSR count). The third kappa shape index (κ3) is 4.25. The van der Waals surface area contributed by atoms with E-state index < -0.39 is 11.9 Å². The molecule has 1 unspecified atom stereocenters. The number of carboxylic acid groups (broad SMARTS) is 1. The second-order valence-electron chi connectivity index (χ2n) is 5.56. The van der Waals surface area contributed by atoms with Crippen molar-refractivity contribution < 1.29 is 19.1 Å². The second kappa shape index (κ2) is 6.66. The number of likely N-dealkylation sites (tertiary alicyclic amines) is 1. The number of nitrogens with zero attached hydrogens (tertiary/aromatic N) is 3. The summed E-state index contributed by atoms with van der Waals surface area (Å²) in [6.45, 7) is 5.07. The van der Waals surface area contributed by atoms with Gasteiger partial charge in [0, 0.05) is 12.5 Å². The van der Waals surface area contributed by atoms with Crippen LogP contribution in [0, 0.1) is 5.92 Å². The number of carbonyl (C=O) groups excluding carboxylic acids is 1. The number of hydrogen-bond donors (Lipinski definition) is 2. The van der Waals surface area contributed by atoms with Gasteiger partial charge in [0.1, 0.15) is 0 Å². The van der Waals surface area contributed by atoms with Gasteiger partial charge in [0.2, 0.25) is 11.8 Å². The second-order valence-corrected chi connectivity index (χ2v) is 5.56. The number of hydrogen-bond acceptors (Lipinski definition) is 6. The van der Waals surface area contributed by atoms with Gasteiger partial charge >= 0.3 is 12.0 Å². The van der Waals surface area contributed by atoms with E-state index in [0.717, 1.165) is 13.0 Å². The summed E-state index contributed by atoms with van der Waals surface area (Å²) in [6.07, 6.45) is 1.44. The highest BCUT2D eigenvalue weighted by Crippen LogP contribution is 2.17. The van der Waals surface area contributed by atoms with Crippen molar-refractivity contribution in [3.05, 3.63) is 5.89 Å². The molecule has 116 valence electrons. The summed E-state index contributed by atoms with van der Waals surface area (Å²) in [5.74, 6) is -0.920. The number of anilines is 1. The largest absolute Gasteiger partial charge is 0.481 e. The minimum atomic E-state index is -0.807. The summed E-state index contributed by atoms with van der Waals surface area (Å²) in [7, 11) is 0. The Labute approximate surface area is 122 Å². The minimum absolute atomic E-state index is 0.0792. The van der Waals surface area contributed by atoms with E-state index in [9.17, 15) is 9.59 Å². The molecule has 2 N–H and O–H groups in total. The van der Waals surface area contributed by atoms with Crippen molar-refractivity contribution in [1.82, 2.24) is 15.1 Å². The predicted octanol–water partition coefficient (Wildman–Crippen LogP) is 0.928. The summed E-state index contributed by atoms with van der Waals surface area (Å²) in [5, 5.41) is 19.1. The highest BCUT2D eigenvalue weighted by molar-refractivity contribution is 5.90. The summed E-state index contributed by atoms with van der Waals surface area (Å²) >= 11 is 0. The molecule has 2 heterocycles. The molecule has 1 aromatic rings. The maximum absolute atomic E-state index is 11.9. The monoisotopic (exact) mass is 296 g/mol. The zero-order valence-corrected chi connectivity index (χ0v) is 12.2. The zero-order valence-electron chi connectivity index (χ0n) is 12.2. The normalized spacial score (nSPS) is 19.7. The van der Waals surface area contributed by atoms with E-state index in [-0.39, 0.29) is 24.4 Å². The Bertz CT molecular complexity index is 514.